The van der Waals surface area contributed by atoms with Crippen LogP contribution in [0, 0.1) is 5.92 Å². The molecule has 2 heteroatoms. The van der Waals surface area contributed by atoms with Crippen LogP contribution >= 0.6 is 8.46 Å². The third kappa shape index (κ3) is 2.85. The maximum atomic E-state index is 11.8. The summed E-state index contributed by atoms with van der Waals surface area (Å²) >= 11 is 0. The molecule has 0 bridgehead atoms. The quantitative estimate of drug-likeness (QED) is 0.456. The first-order chi connectivity index (χ1) is 11.3. The maximum Gasteiger partial charge on any atom is 0.192 e. The van der Waals surface area contributed by atoms with Crippen LogP contribution in [0.1, 0.15) is 24.0 Å². The van der Waals surface area contributed by atoms with E-state index in [1.54, 1.807) is 0 Å². The van der Waals surface area contributed by atoms with Gasteiger partial charge in [-0.05, 0) is 40.7 Å². The van der Waals surface area contributed by atoms with E-state index >= 15 is 0 Å². The van der Waals surface area contributed by atoms with E-state index in [2.05, 4.69) is 43.5 Å². The molecule has 0 radical (unpaired) electrons. The topological polar surface area (TPSA) is 17.1 Å². The second-order valence-corrected chi connectivity index (χ2v) is 6.33. The molecule has 114 valence electrons. The van der Waals surface area contributed by atoms with Crippen LogP contribution in [0.2, 0.25) is 0 Å². The van der Waals surface area contributed by atoms with Gasteiger partial charge in [0.15, 0.2) is 8.46 Å². The van der Waals surface area contributed by atoms with Gasteiger partial charge in [-0.2, -0.15) is 0 Å². The molecule has 0 saturated heterocycles. The molecule has 0 aliphatic heterocycles. The van der Waals surface area contributed by atoms with Gasteiger partial charge < -0.3 is 0 Å². The zero-order valence-corrected chi connectivity index (χ0v) is 13.9. The van der Waals surface area contributed by atoms with Crippen LogP contribution < -0.4 is 0 Å². The van der Waals surface area contributed by atoms with Crippen molar-refractivity contribution in [3.63, 3.8) is 0 Å². The van der Waals surface area contributed by atoms with Crippen molar-refractivity contribution < 1.29 is 4.57 Å². The highest BCUT2D eigenvalue weighted by molar-refractivity contribution is 7.37. The van der Waals surface area contributed by atoms with Crippen molar-refractivity contribution in [1.29, 1.82) is 0 Å². The number of benzene rings is 1. The molecular formula is C21H19OP. The van der Waals surface area contributed by atoms with Crippen LogP contribution in [-0.4, -0.2) is 0 Å². The number of rotatable bonds is 5. The van der Waals surface area contributed by atoms with Crippen LogP contribution in [0.3, 0.4) is 0 Å². The fourth-order valence-corrected chi connectivity index (χ4v) is 3.89. The second kappa shape index (κ2) is 6.89. The lowest BCUT2D eigenvalue weighted by Gasteiger charge is -2.23. The van der Waals surface area contributed by atoms with Crippen molar-refractivity contribution in [2.24, 2.45) is 5.92 Å². The van der Waals surface area contributed by atoms with Crippen molar-refractivity contribution in [3.8, 4) is 0 Å². The predicted molar refractivity (Wildman–Crippen MR) is 99.3 cm³/mol. The second-order valence-electron chi connectivity index (χ2n) is 5.67. The van der Waals surface area contributed by atoms with Crippen molar-refractivity contribution in [2.75, 3.05) is 0 Å². The summed E-state index contributed by atoms with van der Waals surface area (Å²) in [6, 6.07) is 8.21. The summed E-state index contributed by atoms with van der Waals surface area (Å²) in [6.45, 7) is 7.82. The average molecular weight is 318 g/mol. The molecule has 1 atom stereocenters. The van der Waals surface area contributed by atoms with E-state index in [-0.39, 0.29) is 14.4 Å². The van der Waals surface area contributed by atoms with Crippen LogP contribution in [0.4, 0.5) is 0 Å². The van der Waals surface area contributed by atoms with Gasteiger partial charge in [0.1, 0.15) is 0 Å². The van der Waals surface area contributed by atoms with Gasteiger partial charge in [0.05, 0.1) is 0 Å². The summed E-state index contributed by atoms with van der Waals surface area (Å²) in [4.78, 5) is 0. The molecular weight excluding hydrogens is 299 g/mol. The Bertz CT molecular complexity index is 790. The van der Waals surface area contributed by atoms with Crippen molar-refractivity contribution >= 4 is 19.3 Å². The standard InChI is InChI=1S/C21H19OP/c1-3-8-15-10-7-11-16-14-20(23-22)18-13-6-5-12-17(18)19(9-4-2)21(15)16/h3-7,10-14,16H,1-2,8-9H2. The fourth-order valence-electron chi connectivity index (χ4n) is 3.38. The molecule has 0 fully saturated rings. The molecule has 2 aliphatic carbocycles. The summed E-state index contributed by atoms with van der Waals surface area (Å²) in [6.07, 6.45) is 14.0. The normalized spacial score (nSPS) is 19.4. The number of hydrogen-bond acceptors (Lipinski definition) is 1. The zero-order chi connectivity index (χ0) is 16.2. The van der Waals surface area contributed by atoms with E-state index in [1.807, 2.05) is 30.4 Å². The summed E-state index contributed by atoms with van der Waals surface area (Å²) < 4.78 is 11.8. The molecule has 0 aromatic heterocycles. The number of hydrogen-bond donors (Lipinski definition) is 0. The van der Waals surface area contributed by atoms with Crippen LogP contribution in [0.25, 0.3) is 10.9 Å². The molecule has 1 nitrogen and oxygen atoms in total. The van der Waals surface area contributed by atoms with Crippen molar-refractivity contribution in [2.45, 2.75) is 12.8 Å². The minimum atomic E-state index is 0.0605. The van der Waals surface area contributed by atoms with Gasteiger partial charge in [-0.3, -0.25) is 4.57 Å². The van der Waals surface area contributed by atoms with Crippen molar-refractivity contribution in [1.82, 2.24) is 0 Å². The molecule has 23 heavy (non-hydrogen) atoms. The maximum absolute atomic E-state index is 11.8. The third-order valence-corrected chi connectivity index (χ3v) is 4.88. The monoisotopic (exact) mass is 318 g/mol. The molecule has 2 aliphatic rings. The van der Waals surface area contributed by atoms with Gasteiger partial charge in [-0.1, -0.05) is 60.7 Å². The Morgan fingerprint density at radius 3 is 2.52 bits per heavy atom. The lowest BCUT2D eigenvalue weighted by atomic mass is 9.81. The lowest BCUT2D eigenvalue weighted by Crippen LogP contribution is -2.07. The van der Waals surface area contributed by atoms with Crippen LogP contribution in [0.5, 0.6) is 0 Å². The highest BCUT2D eigenvalue weighted by Crippen LogP contribution is 2.45. The highest BCUT2D eigenvalue weighted by Gasteiger charge is 2.26. The summed E-state index contributed by atoms with van der Waals surface area (Å²) in [5.74, 6) is 0.147. The Balaban J connectivity index is 2.32. The van der Waals surface area contributed by atoms with E-state index in [1.165, 1.54) is 16.7 Å². The minimum Gasteiger partial charge on any atom is -0.269 e. The molecule has 3 rings (SSSR count). The lowest BCUT2D eigenvalue weighted by molar-refractivity contribution is 0.603. The Morgan fingerprint density at radius 1 is 1.09 bits per heavy atom. The van der Waals surface area contributed by atoms with E-state index < -0.39 is 0 Å². The van der Waals surface area contributed by atoms with E-state index in [0.29, 0.717) is 0 Å². The first-order valence-corrected chi connectivity index (χ1v) is 8.59. The zero-order valence-electron chi connectivity index (χ0n) is 13.0. The Hall–Kier alpha value is -2.24. The van der Waals surface area contributed by atoms with E-state index in [9.17, 15) is 4.57 Å². The molecule has 0 amide bonds. The highest BCUT2D eigenvalue weighted by atomic mass is 31.1. The summed E-state index contributed by atoms with van der Waals surface area (Å²) in [5, 5.41) is 0.853. The van der Waals surface area contributed by atoms with Gasteiger partial charge in [-0.25, -0.2) is 0 Å². The van der Waals surface area contributed by atoms with Crippen molar-refractivity contribution in [3.05, 3.63) is 96.2 Å². The van der Waals surface area contributed by atoms with Crippen LogP contribution in [-0.2, 0) is 4.57 Å². The van der Waals surface area contributed by atoms with Crippen LogP contribution in [0.15, 0.2) is 85.0 Å². The smallest absolute Gasteiger partial charge is 0.192 e. The molecule has 1 aromatic carbocycles. The first kappa shape index (κ1) is 15.6. The number of fused-ring (bicyclic) bond motifs is 2. The SMILES string of the molecule is C=CCC1=CC=CC2C=C(P=O)c3ccccc3C(CC=C)=C12. The predicted octanol–water partition coefficient (Wildman–Crippen LogP) is 6.35. The van der Waals surface area contributed by atoms with E-state index in [4.69, 9.17) is 0 Å². The molecule has 0 heterocycles. The molecule has 1 aromatic rings. The molecule has 0 N–H and O–H groups in total. The average Bonchev–Trinajstić information content (AvgIpc) is 2.71. The van der Waals surface area contributed by atoms with Gasteiger partial charge in [0, 0.05) is 11.2 Å². The fraction of sp³-hybridized carbons (Fsp3) is 0.143. The number of allylic oxidation sites excluding steroid dienone is 9. The molecule has 1 unspecified atom stereocenters. The van der Waals surface area contributed by atoms with Gasteiger partial charge in [-0.15, -0.1) is 13.2 Å². The largest absolute Gasteiger partial charge is 0.269 e. The Labute approximate surface area is 139 Å². The Kier molecular flexibility index (Phi) is 4.69. The summed E-state index contributed by atoms with van der Waals surface area (Å²) in [5.41, 5.74) is 6.06. The van der Waals surface area contributed by atoms with Gasteiger partial charge >= 0.3 is 0 Å². The third-order valence-electron chi connectivity index (χ3n) is 4.30. The molecule has 0 spiro atoms. The minimum absolute atomic E-state index is 0.0605. The summed E-state index contributed by atoms with van der Waals surface area (Å²) in [7, 11) is 0.0605. The van der Waals surface area contributed by atoms with E-state index in [0.717, 1.165) is 29.3 Å². The first-order valence-electron chi connectivity index (χ1n) is 7.77. The van der Waals surface area contributed by atoms with Gasteiger partial charge in [0.25, 0.3) is 0 Å². The molecule has 0 saturated carbocycles. The van der Waals surface area contributed by atoms with Gasteiger partial charge in [0.2, 0.25) is 0 Å². The Morgan fingerprint density at radius 2 is 1.83 bits per heavy atom.